The Balaban J connectivity index is 1.40. The average molecular weight is 574 g/mol. The van der Waals surface area contributed by atoms with Gasteiger partial charge in [0.2, 0.25) is 0 Å². The molecule has 3 aromatic rings. The normalized spacial score (nSPS) is 15.1. The minimum absolute atomic E-state index is 0.0779. The monoisotopic (exact) mass is 572 g/mol. The molecule has 0 aliphatic carbocycles. The summed E-state index contributed by atoms with van der Waals surface area (Å²) >= 11 is 9.80. The second-order valence-corrected chi connectivity index (χ2v) is 11.1. The van der Waals surface area contributed by atoms with E-state index in [4.69, 9.17) is 30.5 Å². The zero-order chi connectivity index (χ0) is 25.7. The molecule has 190 valence electrons. The molecule has 1 aliphatic heterocycles. The summed E-state index contributed by atoms with van der Waals surface area (Å²) in [6.07, 6.45) is 0.846. The van der Waals surface area contributed by atoms with Crippen molar-refractivity contribution in [2.75, 3.05) is 6.61 Å². The molecule has 36 heavy (non-hydrogen) atoms. The van der Waals surface area contributed by atoms with Gasteiger partial charge in [0.15, 0.2) is 0 Å². The minimum Gasteiger partial charge on any atom is -0.493 e. The van der Waals surface area contributed by atoms with Crippen molar-refractivity contribution in [3.05, 3.63) is 92.4 Å². The molecule has 1 unspecified atom stereocenters. The van der Waals surface area contributed by atoms with Crippen molar-refractivity contribution in [3.8, 4) is 11.5 Å². The van der Waals surface area contributed by atoms with Gasteiger partial charge in [-0.25, -0.2) is 0 Å². The average Bonchev–Trinajstić information content (AvgIpc) is 2.80. The number of hydrogen-bond acceptors (Lipinski definition) is 5. The Hall–Kier alpha value is -2.54. The van der Waals surface area contributed by atoms with E-state index in [1.165, 1.54) is 0 Å². The van der Waals surface area contributed by atoms with E-state index in [1.54, 1.807) is 0 Å². The maximum absolute atomic E-state index is 12.3. The SMILES string of the molecule is CC(C)(C)OC(=O)Cc1ccccc1OCc1cc(Br)cc(COC2CCOc3ccc(Cl)cc32)c1. The molecular formula is C29H30BrClO5. The molecule has 0 saturated carbocycles. The van der Waals surface area contributed by atoms with E-state index in [0.717, 1.165) is 38.9 Å². The fraction of sp³-hybridized carbons (Fsp3) is 0.345. The molecule has 0 radical (unpaired) electrons. The van der Waals surface area contributed by atoms with Crippen LogP contribution in [0.4, 0.5) is 0 Å². The first-order valence-electron chi connectivity index (χ1n) is 11.9. The van der Waals surface area contributed by atoms with E-state index in [9.17, 15) is 4.79 Å². The van der Waals surface area contributed by atoms with Crippen LogP contribution in [0.2, 0.25) is 5.02 Å². The quantitative estimate of drug-likeness (QED) is 0.260. The highest BCUT2D eigenvalue weighted by atomic mass is 79.9. The van der Waals surface area contributed by atoms with Crippen LogP contribution >= 0.6 is 27.5 Å². The Morgan fingerprint density at radius 1 is 1.06 bits per heavy atom. The summed E-state index contributed by atoms with van der Waals surface area (Å²) in [5.41, 5.74) is 3.27. The Kier molecular flexibility index (Phi) is 8.60. The molecule has 0 spiro atoms. The number of para-hydroxylation sites is 1. The molecule has 1 aliphatic rings. The van der Waals surface area contributed by atoms with Crippen molar-refractivity contribution in [1.82, 2.24) is 0 Å². The number of hydrogen-bond donors (Lipinski definition) is 0. The summed E-state index contributed by atoms with van der Waals surface area (Å²) < 4.78 is 24.5. The number of fused-ring (bicyclic) bond motifs is 1. The van der Waals surface area contributed by atoms with Crippen molar-refractivity contribution in [3.63, 3.8) is 0 Å². The van der Waals surface area contributed by atoms with Gasteiger partial charge in [0.1, 0.15) is 23.7 Å². The van der Waals surface area contributed by atoms with Crippen LogP contribution in [0, 0.1) is 0 Å². The van der Waals surface area contributed by atoms with Crippen LogP contribution < -0.4 is 9.47 Å². The summed E-state index contributed by atoms with van der Waals surface area (Å²) in [5, 5.41) is 0.668. The first kappa shape index (κ1) is 26.5. The standard InChI is InChI=1S/C29H30BrClO5/c1-29(2,3)36-28(32)15-21-6-4-5-7-25(21)34-17-19-12-20(14-22(30)13-19)18-35-27-10-11-33-26-9-8-23(31)16-24(26)27/h4-9,12-14,16,27H,10-11,15,17-18H2,1-3H3. The van der Waals surface area contributed by atoms with Gasteiger partial charge in [-0.1, -0.05) is 51.8 Å². The van der Waals surface area contributed by atoms with Gasteiger partial charge in [-0.05, 0) is 68.3 Å². The van der Waals surface area contributed by atoms with Gasteiger partial charge in [-0.15, -0.1) is 0 Å². The molecule has 7 heteroatoms. The number of ether oxygens (including phenoxy) is 4. The third kappa shape index (κ3) is 7.48. The zero-order valence-electron chi connectivity index (χ0n) is 20.7. The van der Waals surface area contributed by atoms with E-state index >= 15 is 0 Å². The molecule has 0 aromatic heterocycles. The van der Waals surface area contributed by atoms with Crippen molar-refractivity contribution in [2.45, 2.75) is 58.5 Å². The third-order valence-corrected chi connectivity index (χ3v) is 6.24. The molecule has 0 bridgehead atoms. The second kappa shape index (κ2) is 11.7. The summed E-state index contributed by atoms with van der Waals surface area (Å²) in [6, 6.07) is 19.3. The molecule has 4 rings (SSSR count). The van der Waals surface area contributed by atoms with E-state index in [1.807, 2.05) is 75.4 Å². The Labute approximate surface area is 225 Å². The van der Waals surface area contributed by atoms with Crippen LogP contribution in [0.3, 0.4) is 0 Å². The minimum atomic E-state index is -0.527. The molecule has 0 amide bonds. The lowest BCUT2D eigenvalue weighted by Crippen LogP contribution is -2.25. The lowest BCUT2D eigenvalue weighted by molar-refractivity contribution is -0.153. The van der Waals surface area contributed by atoms with Crippen LogP contribution in [0.15, 0.2) is 65.1 Å². The number of esters is 1. The van der Waals surface area contributed by atoms with E-state index in [-0.39, 0.29) is 18.5 Å². The number of benzene rings is 3. The number of carbonyl (C=O) groups excluding carboxylic acids is 1. The summed E-state index contributed by atoms with van der Waals surface area (Å²) in [4.78, 5) is 12.3. The fourth-order valence-electron chi connectivity index (χ4n) is 4.07. The zero-order valence-corrected chi connectivity index (χ0v) is 23.0. The molecule has 3 aromatic carbocycles. The summed E-state index contributed by atoms with van der Waals surface area (Å²) in [6.45, 7) is 6.98. The van der Waals surface area contributed by atoms with Crippen molar-refractivity contribution >= 4 is 33.5 Å². The lowest BCUT2D eigenvalue weighted by atomic mass is 10.0. The molecule has 1 atom stereocenters. The molecular weight excluding hydrogens is 544 g/mol. The van der Waals surface area contributed by atoms with E-state index in [2.05, 4.69) is 22.0 Å². The molecule has 0 N–H and O–H groups in total. The topological polar surface area (TPSA) is 54.0 Å². The van der Waals surface area contributed by atoms with E-state index < -0.39 is 5.60 Å². The maximum atomic E-state index is 12.3. The van der Waals surface area contributed by atoms with Gasteiger partial charge in [-0.2, -0.15) is 0 Å². The van der Waals surface area contributed by atoms with Crippen LogP contribution in [0.25, 0.3) is 0 Å². The Morgan fingerprint density at radius 3 is 2.58 bits per heavy atom. The van der Waals surface area contributed by atoms with Crippen LogP contribution in [0.5, 0.6) is 11.5 Å². The van der Waals surface area contributed by atoms with Gasteiger partial charge >= 0.3 is 5.97 Å². The van der Waals surface area contributed by atoms with Gasteiger partial charge in [-0.3, -0.25) is 4.79 Å². The Morgan fingerprint density at radius 2 is 1.81 bits per heavy atom. The largest absolute Gasteiger partial charge is 0.493 e. The van der Waals surface area contributed by atoms with Crippen LogP contribution in [-0.2, 0) is 33.9 Å². The van der Waals surface area contributed by atoms with Gasteiger partial charge in [0.25, 0.3) is 0 Å². The predicted octanol–water partition coefficient (Wildman–Crippen LogP) is 7.61. The van der Waals surface area contributed by atoms with Crippen LogP contribution in [0.1, 0.15) is 55.5 Å². The highest BCUT2D eigenvalue weighted by Gasteiger charge is 2.23. The number of carbonyl (C=O) groups is 1. The first-order valence-corrected chi connectivity index (χ1v) is 13.1. The van der Waals surface area contributed by atoms with Crippen molar-refractivity contribution in [1.29, 1.82) is 0 Å². The van der Waals surface area contributed by atoms with Gasteiger partial charge in [0, 0.05) is 27.0 Å². The fourth-order valence-corrected chi connectivity index (χ4v) is 4.84. The maximum Gasteiger partial charge on any atom is 0.310 e. The van der Waals surface area contributed by atoms with Crippen molar-refractivity contribution < 1.29 is 23.7 Å². The van der Waals surface area contributed by atoms with E-state index in [0.29, 0.717) is 30.6 Å². The predicted molar refractivity (Wildman–Crippen MR) is 144 cm³/mol. The first-order chi connectivity index (χ1) is 17.2. The summed E-state index contributed by atoms with van der Waals surface area (Å²) in [7, 11) is 0. The molecule has 5 nitrogen and oxygen atoms in total. The number of rotatable bonds is 8. The highest BCUT2D eigenvalue weighted by Crippen LogP contribution is 2.37. The van der Waals surface area contributed by atoms with Gasteiger partial charge < -0.3 is 18.9 Å². The summed E-state index contributed by atoms with van der Waals surface area (Å²) in [5.74, 6) is 1.21. The van der Waals surface area contributed by atoms with Crippen molar-refractivity contribution in [2.24, 2.45) is 0 Å². The smallest absolute Gasteiger partial charge is 0.310 e. The Bertz CT molecular complexity index is 1220. The molecule has 0 saturated heterocycles. The molecule has 1 heterocycles. The van der Waals surface area contributed by atoms with Crippen LogP contribution in [-0.4, -0.2) is 18.2 Å². The highest BCUT2D eigenvalue weighted by molar-refractivity contribution is 9.10. The lowest BCUT2D eigenvalue weighted by Gasteiger charge is -2.26. The molecule has 0 fully saturated rings. The second-order valence-electron chi connectivity index (χ2n) is 9.75. The third-order valence-electron chi connectivity index (χ3n) is 5.55. The number of halogens is 2. The van der Waals surface area contributed by atoms with Gasteiger partial charge in [0.05, 0.1) is 25.7 Å².